The van der Waals surface area contributed by atoms with Gasteiger partial charge in [-0.2, -0.15) is 5.10 Å². The summed E-state index contributed by atoms with van der Waals surface area (Å²) in [5.41, 5.74) is 4.44. The first-order chi connectivity index (χ1) is 14.2. The molecule has 150 valence electrons. The number of benzene rings is 2. The van der Waals surface area contributed by atoms with Crippen molar-refractivity contribution in [3.8, 4) is 0 Å². The van der Waals surface area contributed by atoms with E-state index in [0.29, 0.717) is 31.0 Å². The third-order valence-electron chi connectivity index (χ3n) is 5.09. The monoisotopic (exact) mass is 409 g/mol. The summed E-state index contributed by atoms with van der Waals surface area (Å²) in [6.45, 7) is 1.82. The van der Waals surface area contributed by atoms with Gasteiger partial charge in [-0.3, -0.25) is 9.48 Å². The third kappa shape index (κ3) is 5.25. The van der Waals surface area contributed by atoms with Crippen LogP contribution in [0, 0.1) is 0 Å². The highest BCUT2D eigenvalue weighted by Gasteiger charge is 2.25. The molecule has 1 aliphatic rings. The van der Waals surface area contributed by atoms with Crippen molar-refractivity contribution in [2.75, 3.05) is 13.2 Å². The number of hydrogen-bond donors (Lipinski definition) is 1. The Morgan fingerprint density at radius 3 is 2.72 bits per heavy atom. The van der Waals surface area contributed by atoms with Gasteiger partial charge in [-0.05, 0) is 41.7 Å². The molecule has 0 saturated carbocycles. The Bertz CT molecular complexity index is 954. The quantitative estimate of drug-likeness (QED) is 0.642. The maximum Gasteiger partial charge on any atom is 0.220 e. The van der Waals surface area contributed by atoms with Crippen LogP contribution in [0.25, 0.3) is 0 Å². The number of ether oxygens (including phenoxy) is 1. The zero-order valence-electron chi connectivity index (χ0n) is 16.2. The van der Waals surface area contributed by atoms with E-state index in [4.69, 9.17) is 21.4 Å². The van der Waals surface area contributed by atoms with Gasteiger partial charge in [0.2, 0.25) is 5.91 Å². The van der Waals surface area contributed by atoms with Gasteiger partial charge in [0.25, 0.3) is 0 Å². The molecule has 3 aromatic rings. The summed E-state index contributed by atoms with van der Waals surface area (Å²) in [6, 6.07) is 17.9. The summed E-state index contributed by atoms with van der Waals surface area (Å²) in [7, 11) is 0. The van der Waals surface area contributed by atoms with E-state index in [1.807, 2.05) is 47.1 Å². The standard InChI is InChI=1S/C23H24ClN3O2/c24-20-9-6-17(7-10-20)8-11-22(28)25-14-21-23-19(12-13-29-21)16-27(26-23)15-18-4-2-1-3-5-18/h1-7,9-10,16,21H,8,11-15H2,(H,25,28). The number of halogens is 1. The predicted molar refractivity (Wildman–Crippen MR) is 113 cm³/mol. The van der Waals surface area contributed by atoms with E-state index < -0.39 is 0 Å². The largest absolute Gasteiger partial charge is 0.370 e. The minimum absolute atomic E-state index is 0.0133. The number of rotatable bonds is 7. The first-order valence-electron chi connectivity index (χ1n) is 9.90. The maximum absolute atomic E-state index is 12.3. The number of carbonyl (C=O) groups is 1. The van der Waals surface area contributed by atoms with Gasteiger partial charge >= 0.3 is 0 Å². The number of nitrogens with zero attached hydrogens (tertiary/aromatic N) is 2. The van der Waals surface area contributed by atoms with E-state index in [2.05, 4.69) is 23.6 Å². The van der Waals surface area contributed by atoms with Crippen LogP contribution >= 0.6 is 11.6 Å². The minimum atomic E-state index is -0.199. The van der Waals surface area contributed by atoms with E-state index >= 15 is 0 Å². The fraction of sp³-hybridized carbons (Fsp3) is 0.304. The van der Waals surface area contributed by atoms with Gasteiger partial charge in [-0.25, -0.2) is 0 Å². The Kier molecular flexibility index (Phi) is 6.27. The molecule has 0 bridgehead atoms. The Labute approximate surface area is 175 Å². The van der Waals surface area contributed by atoms with Crippen molar-refractivity contribution in [3.63, 3.8) is 0 Å². The van der Waals surface area contributed by atoms with E-state index in [0.717, 1.165) is 24.2 Å². The molecule has 2 heterocycles. The van der Waals surface area contributed by atoms with Gasteiger partial charge in [0.1, 0.15) is 6.10 Å². The van der Waals surface area contributed by atoms with Crippen molar-refractivity contribution in [3.05, 3.63) is 88.2 Å². The number of nitrogens with one attached hydrogen (secondary N) is 1. The second kappa shape index (κ2) is 9.25. The zero-order chi connectivity index (χ0) is 20.1. The van der Waals surface area contributed by atoms with Crippen molar-refractivity contribution < 1.29 is 9.53 Å². The number of aromatic nitrogens is 2. The first-order valence-corrected chi connectivity index (χ1v) is 10.3. The van der Waals surface area contributed by atoms with Gasteiger partial charge in [-0.1, -0.05) is 54.1 Å². The lowest BCUT2D eigenvalue weighted by atomic mass is 10.1. The molecule has 6 heteroatoms. The van der Waals surface area contributed by atoms with Gasteiger partial charge in [0.15, 0.2) is 0 Å². The Morgan fingerprint density at radius 2 is 1.93 bits per heavy atom. The average molecular weight is 410 g/mol. The third-order valence-corrected chi connectivity index (χ3v) is 5.34. The number of fused-ring (bicyclic) bond motifs is 1. The molecule has 1 atom stereocenters. The van der Waals surface area contributed by atoms with Crippen molar-refractivity contribution in [2.45, 2.75) is 31.9 Å². The average Bonchev–Trinajstić information content (AvgIpc) is 3.15. The van der Waals surface area contributed by atoms with E-state index in [9.17, 15) is 4.79 Å². The number of carbonyl (C=O) groups excluding carboxylic acids is 1. The summed E-state index contributed by atoms with van der Waals surface area (Å²) < 4.78 is 7.85. The van der Waals surface area contributed by atoms with Crippen molar-refractivity contribution in [1.29, 1.82) is 0 Å². The molecular weight excluding hydrogens is 386 g/mol. The molecule has 4 rings (SSSR count). The van der Waals surface area contributed by atoms with Crippen LogP contribution in [0.2, 0.25) is 5.02 Å². The SMILES string of the molecule is O=C(CCc1ccc(Cl)cc1)NCC1OCCc2cn(Cc3ccccc3)nc21. The Balaban J connectivity index is 1.32. The fourth-order valence-corrected chi connectivity index (χ4v) is 3.67. The molecule has 1 unspecified atom stereocenters. The second-order valence-electron chi connectivity index (χ2n) is 7.26. The Morgan fingerprint density at radius 1 is 1.14 bits per heavy atom. The number of amides is 1. The molecular formula is C23H24ClN3O2. The van der Waals surface area contributed by atoms with Crippen LogP contribution in [0.4, 0.5) is 0 Å². The summed E-state index contributed by atoms with van der Waals surface area (Å²) in [6.07, 6.45) is 3.87. The molecule has 2 aromatic carbocycles. The summed E-state index contributed by atoms with van der Waals surface area (Å²) in [5.74, 6) is 0.0133. The van der Waals surface area contributed by atoms with Crippen molar-refractivity contribution >= 4 is 17.5 Å². The molecule has 5 nitrogen and oxygen atoms in total. The molecule has 0 fully saturated rings. The van der Waals surface area contributed by atoms with E-state index in [-0.39, 0.29) is 12.0 Å². The molecule has 1 aromatic heterocycles. The van der Waals surface area contributed by atoms with Crippen molar-refractivity contribution in [2.24, 2.45) is 0 Å². The first kappa shape index (κ1) is 19.7. The molecule has 0 saturated heterocycles. The van der Waals surface area contributed by atoms with Gasteiger partial charge in [0, 0.05) is 24.2 Å². The van der Waals surface area contributed by atoms with Crippen LogP contribution in [-0.4, -0.2) is 28.8 Å². The van der Waals surface area contributed by atoms with Crippen LogP contribution in [0.3, 0.4) is 0 Å². The fourth-order valence-electron chi connectivity index (χ4n) is 3.54. The topological polar surface area (TPSA) is 56.1 Å². The molecule has 1 amide bonds. The summed E-state index contributed by atoms with van der Waals surface area (Å²) >= 11 is 5.90. The predicted octanol–water partition coefficient (Wildman–Crippen LogP) is 3.95. The van der Waals surface area contributed by atoms with Crippen LogP contribution in [-0.2, 0) is 28.9 Å². The van der Waals surface area contributed by atoms with Crippen LogP contribution in [0.1, 0.15) is 34.9 Å². The van der Waals surface area contributed by atoms with E-state index in [1.54, 1.807) is 0 Å². The van der Waals surface area contributed by atoms with Crippen LogP contribution in [0.15, 0.2) is 60.8 Å². The lowest BCUT2D eigenvalue weighted by molar-refractivity contribution is -0.121. The summed E-state index contributed by atoms with van der Waals surface area (Å²) in [4.78, 5) is 12.3. The lowest BCUT2D eigenvalue weighted by Crippen LogP contribution is -2.32. The van der Waals surface area contributed by atoms with E-state index in [1.165, 1.54) is 11.1 Å². The molecule has 0 spiro atoms. The molecule has 0 aliphatic carbocycles. The number of aryl methyl sites for hydroxylation is 1. The van der Waals surface area contributed by atoms with Gasteiger partial charge in [-0.15, -0.1) is 0 Å². The smallest absolute Gasteiger partial charge is 0.220 e. The molecule has 1 N–H and O–H groups in total. The number of hydrogen-bond acceptors (Lipinski definition) is 3. The highest BCUT2D eigenvalue weighted by atomic mass is 35.5. The van der Waals surface area contributed by atoms with Crippen LogP contribution in [0.5, 0.6) is 0 Å². The zero-order valence-corrected chi connectivity index (χ0v) is 16.9. The van der Waals surface area contributed by atoms with Gasteiger partial charge < -0.3 is 10.1 Å². The Hall–Kier alpha value is -2.63. The molecule has 0 radical (unpaired) electrons. The van der Waals surface area contributed by atoms with Gasteiger partial charge in [0.05, 0.1) is 18.8 Å². The minimum Gasteiger partial charge on any atom is -0.370 e. The molecule has 29 heavy (non-hydrogen) atoms. The highest BCUT2D eigenvalue weighted by Crippen LogP contribution is 2.25. The molecule has 1 aliphatic heterocycles. The van der Waals surface area contributed by atoms with Crippen molar-refractivity contribution in [1.82, 2.24) is 15.1 Å². The lowest BCUT2D eigenvalue weighted by Gasteiger charge is -2.22. The second-order valence-corrected chi connectivity index (χ2v) is 7.70. The normalized spacial score (nSPS) is 15.7. The summed E-state index contributed by atoms with van der Waals surface area (Å²) in [5, 5.41) is 8.43. The van der Waals surface area contributed by atoms with Crippen LogP contribution < -0.4 is 5.32 Å². The highest BCUT2D eigenvalue weighted by molar-refractivity contribution is 6.30. The maximum atomic E-state index is 12.3.